The average molecular weight is 426 g/mol. The summed E-state index contributed by atoms with van der Waals surface area (Å²) in [7, 11) is 0. The van der Waals surface area contributed by atoms with Gasteiger partial charge in [-0.3, -0.25) is 4.79 Å². The topological polar surface area (TPSA) is 46.4 Å². The van der Waals surface area contributed by atoms with E-state index in [0.29, 0.717) is 20.8 Å². The van der Waals surface area contributed by atoms with Crippen LogP contribution in [0.3, 0.4) is 0 Å². The summed E-state index contributed by atoms with van der Waals surface area (Å²) in [6.07, 6.45) is 1.85. The molecule has 4 nitrogen and oxygen atoms in total. The highest BCUT2D eigenvalue weighted by molar-refractivity contribution is 8.18. The Hall–Kier alpha value is -2.83. The van der Waals surface area contributed by atoms with Gasteiger partial charge in [0.1, 0.15) is 5.82 Å². The van der Waals surface area contributed by atoms with Crippen LogP contribution in [-0.2, 0) is 4.79 Å². The van der Waals surface area contributed by atoms with Crippen LogP contribution in [0, 0.1) is 19.7 Å². The van der Waals surface area contributed by atoms with Crippen molar-refractivity contribution < 1.29 is 9.18 Å². The van der Waals surface area contributed by atoms with Crippen molar-refractivity contribution in [2.24, 2.45) is 4.99 Å². The van der Waals surface area contributed by atoms with Crippen molar-refractivity contribution in [1.29, 1.82) is 0 Å². The lowest BCUT2D eigenvalue weighted by molar-refractivity contribution is -0.115. The van der Waals surface area contributed by atoms with E-state index in [9.17, 15) is 9.18 Å². The van der Waals surface area contributed by atoms with E-state index in [0.717, 1.165) is 22.6 Å². The largest absolute Gasteiger partial charge is 0.318 e. The lowest BCUT2D eigenvalue weighted by Crippen LogP contribution is -2.19. The number of amidine groups is 1. The van der Waals surface area contributed by atoms with Crippen LogP contribution < -0.4 is 5.32 Å². The Morgan fingerprint density at radius 3 is 2.48 bits per heavy atom. The minimum absolute atomic E-state index is 0.186. The van der Waals surface area contributed by atoms with Gasteiger partial charge in [0.2, 0.25) is 0 Å². The molecule has 0 atom stereocenters. The minimum atomic E-state index is -0.273. The van der Waals surface area contributed by atoms with E-state index < -0.39 is 0 Å². The lowest BCUT2D eigenvalue weighted by atomic mass is 10.2. The molecule has 1 aliphatic rings. The third-order valence-corrected chi connectivity index (χ3v) is 5.71. The van der Waals surface area contributed by atoms with Crippen LogP contribution in [0.25, 0.3) is 11.8 Å². The molecule has 2 heterocycles. The number of halogens is 2. The molecule has 2 aromatic carbocycles. The third-order valence-electron chi connectivity index (χ3n) is 4.55. The van der Waals surface area contributed by atoms with E-state index in [-0.39, 0.29) is 11.7 Å². The highest BCUT2D eigenvalue weighted by atomic mass is 35.5. The SMILES string of the molecule is Cc1cc(/C=C2\SC(=Nc3ccc(Cl)cc3)NC2=O)c(C)n1-c1ccc(F)cc1. The maximum atomic E-state index is 13.3. The predicted molar refractivity (Wildman–Crippen MR) is 117 cm³/mol. The van der Waals surface area contributed by atoms with Crippen molar-refractivity contribution in [3.05, 3.63) is 87.3 Å². The van der Waals surface area contributed by atoms with Crippen LogP contribution in [0.15, 0.2) is 64.5 Å². The zero-order chi connectivity index (χ0) is 20.5. The third kappa shape index (κ3) is 4.13. The van der Waals surface area contributed by atoms with Gasteiger partial charge in [0, 0.05) is 22.1 Å². The van der Waals surface area contributed by atoms with Crippen molar-refractivity contribution in [3.63, 3.8) is 0 Å². The second-order valence-corrected chi connectivity index (χ2v) is 8.06. The maximum Gasteiger partial charge on any atom is 0.264 e. The number of hydrogen-bond acceptors (Lipinski definition) is 3. The lowest BCUT2D eigenvalue weighted by Gasteiger charge is -2.09. The molecule has 1 aliphatic heterocycles. The number of carbonyl (C=O) groups is 1. The first-order chi connectivity index (χ1) is 13.9. The molecule has 1 fully saturated rings. The molecule has 1 saturated heterocycles. The Bertz CT molecular complexity index is 1150. The highest BCUT2D eigenvalue weighted by Gasteiger charge is 2.24. The van der Waals surface area contributed by atoms with Crippen LogP contribution in [0.5, 0.6) is 0 Å². The minimum Gasteiger partial charge on any atom is -0.318 e. The number of aromatic nitrogens is 1. The number of aliphatic imine (C=N–C) groups is 1. The Labute approximate surface area is 177 Å². The fourth-order valence-electron chi connectivity index (χ4n) is 3.18. The van der Waals surface area contributed by atoms with Crippen LogP contribution in [0.1, 0.15) is 17.0 Å². The summed E-state index contributed by atoms with van der Waals surface area (Å²) in [6, 6.07) is 15.4. The number of nitrogens with one attached hydrogen (secondary N) is 1. The molecule has 3 aromatic rings. The van der Waals surface area contributed by atoms with Crippen LogP contribution in [-0.4, -0.2) is 15.6 Å². The summed E-state index contributed by atoms with van der Waals surface area (Å²) in [6.45, 7) is 3.95. The van der Waals surface area contributed by atoms with E-state index in [1.165, 1.54) is 23.9 Å². The molecule has 1 amide bonds. The van der Waals surface area contributed by atoms with E-state index in [2.05, 4.69) is 10.3 Å². The van der Waals surface area contributed by atoms with Crippen LogP contribution in [0.4, 0.5) is 10.1 Å². The zero-order valence-electron chi connectivity index (χ0n) is 15.7. The maximum absolute atomic E-state index is 13.3. The first-order valence-corrected chi connectivity index (χ1v) is 10.1. The normalized spacial score (nSPS) is 16.6. The Kier molecular flexibility index (Phi) is 5.30. The van der Waals surface area contributed by atoms with Gasteiger partial charge < -0.3 is 9.88 Å². The molecule has 0 aliphatic carbocycles. The summed E-state index contributed by atoms with van der Waals surface area (Å²) in [4.78, 5) is 17.4. The quantitative estimate of drug-likeness (QED) is 0.541. The van der Waals surface area contributed by atoms with Crippen molar-refractivity contribution in [3.8, 4) is 5.69 Å². The summed E-state index contributed by atoms with van der Waals surface area (Å²) >= 11 is 7.19. The fraction of sp³-hybridized carbons (Fsp3) is 0.0909. The van der Waals surface area contributed by atoms with E-state index in [1.54, 1.807) is 36.4 Å². The molecule has 0 radical (unpaired) electrons. The molecule has 0 spiro atoms. The van der Waals surface area contributed by atoms with E-state index in [1.807, 2.05) is 30.6 Å². The summed E-state index contributed by atoms with van der Waals surface area (Å²) in [5, 5.41) is 3.95. The molecule has 1 N–H and O–H groups in total. The molecule has 146 valence electrons. The predicted octanol–water partition coefficient (Wildman–Crippen LogP) is 5.78. The zero-order valence-corrected chi connectivity index (χ0v) is 17.3. The first-order valence-electron chi connectivity index (χ1n) is 8.91. The fourth-order valence-corrected chi connectivity index (χ4v) is 4.13. The summed E-state index contributed by atoms with van der Waals surface area (Å²) < 4.78 is 15.3. The number of benzene rings is 2. The van der Waals surface area contributed by atoms with Gasteiger partial charge in [-0.2, -0.15) is 0 Å². The van der Waals surface area contributed by atoms with Crippen LogP contribution >= 0.6 is 23.4 Å². The highest BCUT2D eigenvalue weighted by Crippen LogP contribution is 2.30. The van der Waals surface area contributed by atoms with Gasteiger partial charge in [-0.1, -0.05) is 11.6 Å². The Morgan fingerprint density at radius 1 is 1.10 bits per heavy atom. The van der Waals surface area contributed by atoms with Gasteiger partial charge in [-0.15, -0.1) is 0 Å². The smallest absolute Gasteiger partial charge is 0.264 e. The molecular formula is C22H17ClFN3OS. The van der Waals surface area contributed by atoms with Gasteiger partial charge in [0.05, 0.1) is 10.6 Å². The number of nitrogens with zero attached hydrogens (tertiary/aromatic N) is 2. The monoisotopic (exact) mass is 425 g/mol. The van der Waals surface area contributed by atoms with Crippen molar-refractivity contribution in [2.45, 2.75) is 13.8 Å². The van der Waals surface area contributed by atoms with Gasteiger partial charge in [-0.25, -0.2) is 9.38 Å². The van der Waals surface area contributed by atoms with Gasteiger partial charge >= 0.3 is 0 Å². The molecule has 0 bridgehead atoms. The standard InChI is InChI=1S/C22H17ClFN3OS/c1-13-11-15(14(2)27(13)19-9-5-17(24)6-10-19)12-20-21(28)26-22(29-20)25-18-7-3-16(23)4-8-18/h3-12H,1-2H3,(H,25,26,28)/b20-12-. The van der Waals surface area contributed by atoms with E-state index >= 15 is 0 Å². The van der Waals surface area contributed by atoms with Gasteiger partial charge in [0.25, 0.3) is 5.91 Å². The van der Waals surface area contributed by atoms with E-state index in [4.69, 9.17) is 11.6 Å². The number of thioether (sulfide) groups is 1. The molecule has 0 saturated carbocycles. The molecule has 0 unspecified atom stereocenters. The molecule has 1 aromatic heterocycles. The number of aryl methyl sites for hydroxylation is 1. The van der Waals surface area contributed by atoms with Crippen molar-refractivity contribution >= 4 is 46.2 Å². The summed E-state index contributed by atoms with van der Waals surface area (Å²) in [5.41, 5.74) is 4.49. The first kappa shape index (κ1) is 19.5. The molecule has 29 heavy (non-hydrogen) atoms. The van der Waals surface area contributed by atoms with Gasteiger partial charge in [0.15, 0.2) is 5.17 Å². The van der Waals surface area contributed by atoms with Gasteiger partial charge in [-0.05, 0) is 91.8 Å². The Morgan fingerprint density at radius 2 is 1.79 bits per heavy atom. The second-order valence-electron chi connectivity index (χ2n) is 6.60. The van der Waals surface area contributed by atoms with Crippen molar-refractivity contribution in [1.82, 2.24) is 9.88 Å². The number of amides is 1. The molecule has 4 rings (SSSR count). The number of hydrogen-bond donors (Lipinski definition) is 1. The summed E-state index contributed by atoms with van der Waals surface area (Å²) in [5.74, 6) is -0.459. The second kappa shape index (κ2) is 7.89. The van der Waals surface area contributed by atoms with Crippen molar-refractivity contribution in [2.75, 3.05) is 0 Å². The average Bonchev–Trinajstić information content (AvgIpc) is 3.17. The van der Waals surface area contributed by atoms with Crippen LogP contribution in [0.2, 0.25) is 5.02 Å². The number of rotatable bonds is 3. The molecular weight excluding hydrogens is 409 g/mol. The Balaban J connectivity index is 1.63. The molecule has 7 heteroatoms. The number of carbonyl (C=O) groups excluding carboxylic acids is 1.